The second kappa shape index (κ2) is 7.63. The Morgan fingerprint density at radius 3 is 2.65 bits per heavy atom. The zero-order valence-electron chi connectivity index (χ0n) is 13.6. The van der Waals surface area contributed by atoms with Crippen molar-refractivity contribution >= 4 is 22.9 Å². The van der Waals surface area contributed by atoms with Crippen molar-refractivity contribution in [1.29, 1.82) is 0 Å². The normalized spacial score (nSPS) is 10.8. The fraction of sp³-hybridized carbons (Fsp3) is 0.111. The molecule has 130 valence electrons. The van der Waals surface area contributed by atoms with E-state index < -0.39 is 0 Å². The number of tetrazole rings is 1. The molecule has 4 aromatic rings. The predicted octanol–water partition coefficient (Wildman–Crippen LogP) is 4.08. The first-order chi connectivity index (χ1) is 12.8. The average molecular weight is 384 g/mol. The third kappa shape index (κ3) is 4.07. The molecule has 0 saturated carbocycles. The Labute approximate surface area is 159 Å². The number of aromatic nitrogens is 5. The maximum Gasteiger partial charge on any atom is 0.204 e. The van der Waals surface area contributed by atoms with Crippen molar-refractivity contribution in [2.75, 3.05) is 0 Å². The van der Waals surface area contributed by atoms with Gasteiger partial charge in [-0.15, -0.1) is 21.5 Å². The lowest BCUT2D eigenvalue weighted by atomic mass is 10.2. The first kappa shape index (κ1) is 16.7. The van der Waals surface area contributed by atoms with Crippen LogP contribution < -0.4 is 4.74 Å². The summed E-state index contributed by atoms with van der Waals surface area (Å²) >= 11 is 7.41. The van der Waals surface area contributed by atoms with Crippen molar-refractivity contribution < 1.29 is 4.74 Å². The molecule has 0 radical (unpaired) electrons. The third-order valence-corrected chi connectivity index (χ3v) is 4.69. The SMILES string of the molecule is Clc1ccc(OCc2nc(Cn3nnc(-c4ccccc4)n3)cs2)cc1. The molecule has 0 aliphatic heterocycles. The fourth-order valence-corrected chi connectivity index (χ4v) is 3.14. The van der Waals surface area contributed by atoms with Crippen molar-refractivity contribution in [3.05, 3.63) is 75.7 Å². The second-order valence-corrected chi connectivity index (χ2v) is 6.86. The van der Waals surface area contributed by atoms with Crippen molar-refractivity contribution in [3.63, 3.8) is 0 Å². The third-order valence-electron chi connectivity index (χ3n) is 3.56. The Kier molecular flexibility index (Phi) is 4.90. The molecule has 4 rings (SSSR count). The molecule has 0 bridgehead atoms. The Bertz CT molecular complexity index is 984. The van der Waals surface area contributed by atoms with Crippen LogP contribution in [0, 0.1) is 0 Å². The van der Waals surface area contributed by atoms with Gasteiger partial charge >= 0.3 is 0 Å². The van der Waals surface area contributed by atoms with E-state index in [1.165, 1.54) is 0 Å². The molecule has 0 N–H and O–H groups in total. The van der Waals surface area contributed by atoms with Crippen LogP contribution in [0.25, 0.3) is 11.4 Å². The minimum atomic E-state index is 0.409. The quantitative estimate of drug-likeness (QED) is 0.502. The van der Waals surface area contributed by atoms with E-state index in [1.54, 1.807) is 28.3 Å². The first-order valence-corrected chi connectivity index (χ1v) is 9.17. The Morgan fingerprint density at radius 2 is 1.85 bits per heavy atom. The monoisotopic (exact) mass is 383 g/mol. The number of hydrogen-bond donors (Lipinski definition) is 0. The summed E-state index contributed by atoms with van der Waals surface area (Å²) in [4.78, 5) is 6.10. The van der Waals surface area contributed by atoms with E-state index in [-0.39, 0.29) is 0 Å². The maximum absolute atomic E-state index is 5.86. The lowest BCUT2D eigenvalue weighted by Crippen LogP contribution is -2.05. The van der Waals surface area contributed by atoms with Gasteiger partial charge in [0.2, 0.25) is 5.82 Å². The summed E-state index contributed by atoms with van der Waals surface area (Å²) < 4.78 is 5.71. The molecule has 0 aliphatic rings. The zero-order chi connectivity index (χ0) is 17.8. The number of nitrogens with zero attached hydrogens (tertiary/aromatic N) is 5. The van der Waals surface area contributed by atoms with Gasteiger partial charge in [-0.1, -0.05) is 41.9 Å². The molecular formula is C18H14ClN5OS. The summed E-state index contributed by atoms with van der Waals surface area (Å²) in [6.07, 6.45) is 0. The fourth-order valence-electron chi connectivity index (χ4n) is 2.32. The minimum Gasteiger partial charge on any atom is -0.486 e. The molecule has 0 unspecified atom stereocenters. The van der Waals surface area contributed by atoms with Gasteiger partial charge in [0.15, 0.2) is 0 Å². The van der Waals surface area contributed by atoms with E-state index in [4.69, 9.17) is 16.3 Å². The molecule has 0 atom stereocenters. The molecular weight excluding hydrogens is 370 g/mol. The number of halogens is 1. The van der Waals surface area contributed by atoms with Crippen molar-refractivity contribution in [2.24, 2.45) is 0 Å². The van der Waals surface area contributed by atoms with Gasteiger partial charge in [0.05, 0.1) is 5.69 Å². The Balaban J connectivity index is 1.38. The van der Waals surface area contributed by atoms with E-state index in [1.807, 2.05) is 47.8 Å². The van der Waals surface area contributed by atoms with Crippen LogP contribution in [0.5, 0.6) is 5.75 Å². The molecule has 6 nitrogen and oxygen atoms in total. The highest BCUT2D eigenvalue weighted by molar-refractivity contribution is 7.09. The lowest BCUT2D eigenvalue weighted by Gasteiger charge is -2.03. The number of ether oxygens (including phenoxy) is 1. The highest BCUT2D eigenvalue weighted by Gasteiger charge is 2.08. The predicted molar refractivity (Wildman–Crippen MR) is 100 cm³/mol. The molecule has 26 heavy (non-hydrogen) atoms. The van der Waals surface area contributed by atoms with Gasteiger partial charge in [-0.2, -0.15) is 4.80 Å². The Hall–Kier alpha value is -2.77. The minimum absolute atomic E-state index is 0.409. The highest BCUT2D eigenvalue weighted by Crippen LogP contribution is 2.18. The van der Waals surface area contributed by atoms with E-state index in [0.717, 1.165) is 22.0 Å². The van der Waals surface area contributed by atoms with Gasteiger partial charge in [-0.05, 0) is 29.5 Å². The highest BCUT2D eigenvalue weighted by atomic mass is 35.5. The van der Waals surface area contributed by atoms with Crippen molar-refractivity contribution in [2.45, 2.75) is 13.2 Å². The summed E-state index contributed by atoms with van der Waals surface area (Å²) in [7, 11) is 0. The van der Waals surface area contributed by atoms with Crippen LogP contribution in [0.2, 0.25) is 5.02 Å². The molecule has 8 heteroatoms. The molecule has 0 amide bonds. The number of thiazole rings is 1. The smallest absolute Gasteiger partial charge is 0.204 e. The van der Waals surface area contributed by atoms with Gasteiger partial charge in [0.1, 0.15) is 23.9 Å². The van der Waals surface area contributed by atoms with Crippen LogP contribution in [-0.2, 0) is 13.2 Å². The van der Waals surface area contributed by atoms with Gasteiger partial charge in [0.25, 0.3) is 0 Å². The van der Waals surface area contributed by atoms with E-state index >= 15 is 0 Å². The van der Waals surface area contributed by atoms with Gasteiger partial charge in [-0.3, -0.25) is 0 Å². The van der Waals surface area contributed by atoms with Crippen LogP contribution in [0.3, 0.4) is 0 Å². The van der Waals surface area contributed by atoms with E-state index in [2.05, 4.69) is 20.4 Å². The molecule has 0 spiro atoms. The topological polar surface area (TPSA) is 65.7 Å². The lowest BCUT2D eigenvalue weighted by molar-refractivity contribution is 0.305. The van der Waals surface area contributed by atoms with Gasteiger partial charge < -0.3 is 4.74 Å². The van der Waals surface area contributed by atoms with Gasteiger partial charge in [-0.25, -0.2) is 4.98 Å². The second-order valence-electron chi connectivity index (χ2n) is 5.48. The summed E-state index contributed by atoms with van der Waals surface area (Å²) in [5.41, 5.74) is 1.82. The zero-order valence-corrected chi connectivity index (χ0v) is 15.2. The van der Waals surface area contributed by atoms with Gasteiger partial charge in [0, 0.05) is 16.0 Å². The number of rotatable bonds is 6. The first-order valence-electron chi connectivity index (χ1n) is 7.91. The summed E-state index contributed by atoms with van der Waals surface area (Å²) in [6.45, 7) is 0.879. The molecule has 2 aromatic heterocycles. The summed E-state index contributed by atoms with van der Waals surface area (Å²) in [5.74, 6) is 1.36. The maximum atomic E-state index is 5.86. The molecule has 2 aromatic carbocycles. The van der Waals surface area contributed by atoms with Crippen LogP contribution in [0.15, 0.2) is 60.0 Å². The van der Waals surface area contributed by atoms with Crippen LogP contribution in [-0.4, -0.2) is 25.2 Å². The van der Waals surface area contributed by atoms with Crippen LogP contribution in [0.4, 0.5) is 0 Å². The number of hydrogen-bond acceptors (Lipinski definition) is 6. The van der Waals surface area contributed by atoms with Crippen LogP contribution in [0.1, 0.15) is 10.7 Å². The summed E-state index contributed by atoms with van der Waals surface area (Å²) in [5, 5.41) is 16.1. The van der Waals surface area contributed by atoms with Crippen LogP contribution >= 0.6 is 22.9 Å². The van der Waals surface area contributed by atoms with Crippen molar-refractivity contribution in [1.82, 2.24) is 25.2 Å². The number of benzene rings is 2. The standard InChI is InChI=1S/C18H14ClN5OS/c19-14-6-8-16(9-7-14)25-11-17-20-15(12-26-17)10-24-22-18(21-23-24)13-4-2-1-3-5-13/h1-9,12H,10-11H2. The van der Waals surface area contributed by atoms with E-state index in [0.29, 0.717) is 24.0 Å². The molecule has 2 heterocycles. The Morgan fingerprint density at radius 1 is 1.04 bits per heavy atom. The molecule has 0 saturated heterocycles. The average Bonchev–Trinajstić information content (AvgIpc) is 3.32. The molecule has 0 aliphatic carbocycles. The largest absolute Gasteiger partial charge is 0.486 e. The van der Waals surface area contributed by atoms with Crippen molar-refractivity contribution in [3.8, 4) is 17.1 Å². The van der Waals surface area contributed by atoms with E-state index in [9.17, 15) is 0 Å². The molecule has 0 fully saturated rings. The summed E-state index contributed by atoms with van der Waals surface area (Å²) in [6, 6.07) is 17.0.